The standard InChI is InChI=1S/C22H26Cl2N2O3/c1-22(2,3)29-21(27)8-10-26-9-7-15-11-20(25-12-16(15)13-26)28-14-17-18(23)5-4-6-19(17)24/h4-6,11-12H,7-10,13-14H2,1-3H3. The fourth-order valence-electron chi connectivity index (χ4n) is 3.21. The number of aromatic nitrogens is 1. The van der Waals surface area contributed by atoms with Gasteiger partial charge in [-0.2, -0.15) is 0 Å². The van der Waals surface area contributed by atoms with E-state index in [1.54, 1.807) is 18.2 Å². The van der Waals surface area contributed by atoms with E-state index >= 15 is 0 Å². The molecule has 0 N–H and O–H groups in total. The van der Waals surface area contributed by atoms with Crippen LogP contribution >= 0.6 is 23.2 Å². The Bertz CT molecular complexity index is 861. The van der Waals surface area contributed by atoms with Gasteiger partial charge in [0.1, 0.15) is 12.2 Å². The van der Waals surface area contributed by atoms with Gasteiger partial charge in [-0.25, -0.2) is 4.98 Å². The highest BCUT2D eigenvalue weighted by Crippen LogP contribution is 2.27. The normalized spacial score (nSPS) is 14.4. The van der Waals surface area contributed by atoms with Crippen molar-refractivity contribution in [2.24, 2.45) is 0 Å². The van der Waals surface area contributed by atoms with Crippen molar-refractivity contribution in [2.75, 3.05) is 13.1 Å². The number of carbonyl (C=O) groups excluding carboxylic acids is 1. The van der Waals surface area contributed by atoms with Crippen molar-refractivity contribution in [3.63, 3.8) is 0 Å². The number of carbonyl (C=O) groups is 1. The zero-order valence-corrected chi connectivity index (χ0v) is 18.5. The fourth-order valence-corrected chi connectivity index (χ4v) is 3.71. The number of pyridine rings is 1. The number of fused-ring (bicyclic) bond motifs is 1. The highest BCUT2D eigenvalue weighted by Gasteiger charge is 2.21. The molecule has 0 radical (unpaired) electrons. The van der Waals surface area contributed by atoms with Crippen molar-refractivity contribution < 1.29 is 14.3 Å². The SMILES string of the molecule is CC(C)(C)OC(=O)CCN1CCc2cc(OCc3c(Cl)cccc3Cl)ncc2C1. The molecule has 0 bridgehead atoms. The summed E-state index contributed by atoms with van der Waals surface area (Å²) >= 11 is 12.4. The third-order valence-corrected chi connectivity index (χ3v) is 5.34. The summed E-state index contributed by atoms with van der Waals surface area (Å²) in [4.78, 5) is 18.6. The van der Waals surface area contributed by atoms with E-state index in [0.717, 1.165) is 30.6 Å². The monoisotopic (exact) mass is 436 g/mol. The van der Waals surface area contributed by atoms with E-state index in [-0.39, 0.29) is 12.6 Å². The lowest BCUT2D eigenvalue weighted by molar-refractivity contribution is -0.155. The zero-order chi connectivity index (χ0) is 21.0. The molecule has 2 heterocycles. The molecular formula is C22H26Cl2N2O3. The molecule has 7 heteroatoms. The maximum Gasteiger partial charge on any atom is 0.307 e. The van der Waals surface area contributed by atoms with Gasteiger partial charge in [0.2, 0.25) is 5.88 Å². The Balaban J connectivity index is 1.55. The molecule has 5 nitrogen and oxygen atoms in total. The summed E-state index contributed by atoms with van der Waals surface area (Å²) in [6.07, 6.45) is 3.12. The van der Waals surface area contributed by atoms with Gasteiger partial charge in [0.15, 0.2) is 0 Å². The number of esters is 1. The average molecular weight is 437 g/mol. The van der Waals surface area contributed by atoms with Crippen LogP contribution in [0.4, 0.5) is 0 Å². The highest BCUT2D eigenvalue weighted by atomic mass is 35.5. The molecule has 2 aromatic rings. The average Bonchev–Trinajstić information content (AvgIpc) is 2.64. The summed E-state index contributed by atoms with van der Waals surface area (Å²) in [7, 11) is 0. The van der Waals surface area contributed by atoms with Crippen molar-refractivity contribution >= 4 is 29.2 Å². The molecule has 0 fully saturated rings. The van der Waals surface area contributed by atoms with Crippen molar-refractivity contribution in [3.8, 4) is 5.88 Å². The lowest BCUT2D eigenvalue weighted by Gasteiger charge is -2.29. The number of benzene rings is 1. The summed E-state index contributed by atoms with van der Waals surface area (Å²) in [6.45, 7) is 8.24. The third-order valence-electron chi connectivity index (χ3n) is 4.63. The number of halogens is 2. The van der Waals surface area contributed by atoms with E-state index in [2.05, 4.69) is 9.88 Å². The summed E-state index contributed by atoms with van der Waals surface area (Å²) in [5, 5.41) is 1.16. The quantitative estimate of drug-likeness (QED) is 0.592. The Morgan fingerprint density at radius 3 is 2.62 bits per heavy atom. The molecule has 0 unspecified atom stereocenters. The van der Waals surface area contributed by atoms with Gasteiger partial charge < -0.3 is 9.47 Å². The van der Waals surface area contributed by atoms with Crippen LogP contribution in [0.15, 0.2) is 30.5 Å². The van der Waals surface area contributed by atoms with Gasteiger partial charge >= 0.3 is 5.97 Å². The zero-order valence-electron chi connectivity index (χ0n) is 17.0. The van der Waals surface area contributed by atoms with Gasteiger partial charge in [-0.3, -0.25) is 9.69 Å². The lowest BCUT2D eigenvalue weighted by atomic mass is 10.0. The Labute approximate surface area is 181 Å². The number of ether oxygens (including phenoxy) is 2. The van der Waals surface area contributed by atoms with Crippen molar-refractivity contribution in [1.29, 1.82) is 0 Å². The molecule has 1 aliphatic heterocycles. The summed E-state index contributed by atoms with van der Waals surface area (Å²) in [5.74, 6) is 0.394. The van der Waals surface area contributed by atoms with Crippen LogP contribution in [0.1, 0.15) is 43.9 Å². The van der Waals surface area contributed by atoms with E-state index in [9.17, 15) is 4.79 Å². The molecule has 0 saturated heterocycles. The maximum atomic E-state index is 11.9. The summed E-state index contributed by atoms with van der Waals surface area (Å²) < 4.78 is 11.2. The first-order valence-corrected chi connectivity index (χ1v) is 10.4. The molecule has 0 spiro atoms. The van der Waals surface area contributed by atoms with Crippen LogP contribution in [0.3, 0.4) is 0 Å². The second kappa shape index (κ2) is 9.33. The van der Waals surface area contributed by atoms with Gasteiger partial charge in [-0.1, -0.05) is 29.3 Å². The molecule has 1 aromatic carbocycles. The largest absolute Gasteiger partial charge is 0.473 e. The van der Waals surface area contributed by atoms with Crippen molar-refractivity contribution in [2.45, 2.75) is 52.4 Å². The van der Waals surface area contributed by atoms with E-state index in [1.807, 2.05) is 33.0 Å². The predicted octanol–water partition coefficient (Wildman–Crippen LogP) is 5.06. The lowest BCUT2D eigenvalue weighted by Crippen LogP contribution is -2.33. The van der Waals surface area contributed by atoms with Gasteiger partial charge in [-0.15, -0.1) is 0 Å². The van der Waals surface area contributed by atoms with Crippen LogP contribution in [0, 0.1) is 0 Å². The van der Waals surface area contributed by atoms with E-state index in [0.29, 0.717) is 28.9 Å². The first-order valence-electron chi connectivity index (χ1n) is 9.69. The van der Waals surface area contributed by atoms with Crippen molar-refractivity contribution in [1.82, 2.24) is 9.88 Å². The third kappa shape index (κ3) is 6.33. The molecular weight excluding hydrogens is 411 g/mol. The van der Waals surface area contributed by atoms with E-state index < -0.39 is 5.60 Å². The summed E-state index contributed by atoms with van der Waals surface area (Å²) in [6, 6.07) is 7.36. The molecule has 3 rings (SSSR count). The van der Waals surface area contributed by atoms with Crippen LogP contribution in [0.5, 0.6) is 5.88 Å². The summed E-state index contributed by atoms with van der Waals surface area (Å²) in [5.41, 5.74) is 2.68. The fraction of sp³-hybridized carbons (Fsp3) is 0.455. The Kier molecular flexibility index (Phi) is 7.04. The molecule has 156 valence electrons. The molecule has 1 aliphatic rings. The smallest absolute Gasteiger partial charge is 0.307 e. The minimum atomic E-state index is -0.444. The molecule has 0 saturated carbocycles. The minimum Gasteiger partial charge on any atom is -0.473 e. The van der Waals surface area contributed by atoms with Crippen LogP contribution in [0.25, 0.3) is 0 Å². The Hall–Kier alpha value is -1.82. The van der Waals surface area contributed by atoms with Gasteiger partial charge in [0, 0.05) is 47.5 Å². The first kappa shape index (κ1) is 21.9. The van der Waals surface area contributed by atoms with E-state index in [4.69, 9.17) is 32.7 Å². The molecule has 0 aliphatic carbocycles. The first-order chi connectivity index (χ1) is 13.7. The molecule has 0 atom stereocenters. The minimum absolute atomic E-state index is 0.164. The molecule has 1 aromatic heterocycles. The van der Waals surface area contributed by atoms with E-state index in [1.165, 1.54) is 5.56 Å². The molecule has 0 amide bonds. The second-order valence-corrected chi connectivity index (χ2v) is 8.96. The Morgan fingerprint density at radius 2 is 1.93 bits per heavy atom. The van der Waals surface area contributed by atoms with Gasteiger partial charge in [-0.05, 0) is 50.5 Å². The van der Waals surface area contributed by atoms with Crippen LogP contribution in [-0.2, 0) is 29.1 Å². The van der Waals surface area contributed by atoms with Gasteiger partial charge in [0.25, 0.3) is 0 Å². The van der Waals surface area contributed by atoms with Crippen molar-refractivity contribution in [3.05, 3.63) is 57.2 Å². The number of nitrogens with zero attached hydrogens (tertiary/aromatic N) is 2. The number of rotatable bonds is 6. The highest BCUT2D eigenvalue weighted by molar-refractivity contribution is 6.35. The van der Waals surface area contributed by atoms with Crippen LogP contribution in [0.2, 0.25) is 10.0 Å². The van der Waals surface area contributed by atoms with Crippen LogP contribution < -0.4 is 4.74 Å². The second-order valence-electron chi connectivity index (χ2n) is 8.14. The van der Waals surface area contributed by atoms with Gasteiger partial charge in [0.05, 0.1) is 6.42 Å². The predicted molar refractivity (Wildman–Crippen MR) is 114 cm³/mol. The van der Waals surface area contributed by atoms with Crippen LogP contribution in [-0.4, -0.2) is 34.5 Å². The maximum absolute atomic E-state index is 11.9. The topological polar surface area (TPSA) is 51.7 Å². The Morgan fingerprint density at radius 1 is 1.21 bits per heavy atom. The number of hydrogen-bond acceptors (Lipinski definition) is 5. The number of hydrogen-bond donors (Lipinski definition) is 0. The molecule has 29 heavy (non-hydrogen) atoms.